The molecule has 5 nitrogen and oxygen atoms in total. The van der Waals surface area contributed by atoms with Gasteiger partial charge < -0.3 is 9.64 Å². The quantitative estimate of drug-likeness (QED) is 0.846. The van der Waals surface area contributed by atoms with Crippen LogP contribution in [0.1, 0.15) is 12.8 Å². The summed E-state index contributed by atoms with van der Waals surface area (Å²) in [5.41, 5.74) is 0.821. The van der Waals surface area contributed by atoms with E-state index in [1.165, 1.54) is 0 Å². The largest absolute Gasteiger partial charge is 0.380 e. The second-order valence-electron chi connectivity index (χ2n) is 4.91. The van der Waals surface area contributed by atoms with Gasteiger partial charge in [-0.15, -0.1) is 0 Å². The van der Waals surface area contributed by atoms with Gasteiger partial charge in [0.1, 0.15) is 5.82 Å². The van der Waals surface area contributed by atoms with E-state index < -0.39 is 0 Å². The molecule has 0 aromatic carbocycles. The summed E-state index contributed by atoms with van der Waals surface area (Å²) in [6, 6.07) is 1.92. The van der Waals surface area contributed by atoms with Gasteiger partial charge >= 0.3 is 0 Å². The van der Waals surface area contributed by atoms with E-state index in [1.807, 2.05) is 13.1 Å². The van der Waals surface area contributed by atoms with Gasteiger partial charge in [-0.3, -0.25) is 4.68 Å². The lowest BCUT2D eigenvalue weighted by molar-refractivity contribution is 0.0891. The summed E-state index contributed by atoms with van der Waals surface area (Å²) in [6.07, 6.45) is 4.25. The van der Waals surface area contributed by atoms with Crippen LogP contribution in [-0.2, 0) is 11.8 Å². The lowest BCUT2D eigenvalue weighted by Gasteiger charge is -2.32. The van der Waals surface area contributed by atoms with Gasteiger partial charge in [-0.05, 0) is 12.8 Å². The normalized spacial score (nSPS) is 20.2. The number of aryl methyl sites for hydroxylation is 1. The van der Waals surface area contributed by atoms with Gasteiger partial charge in [-0.1, -0.05) is 11.6 Å². The van der Waals surface area contributed by atoms with Crippen LogP contribution in [0.5, 0.6) is 0 Å². The van der Waals surface area contributed by atoms with Gasteiger partial charge in [0.25, 0.3) is 0 Å². The number of piperidine rings is 1. The molecule has 0 amide bonds. The van der Waals surface area contributed by atoms with Crippen molar-refractivity contribution in [3.63, 3.8) is 0 Å². The van der Waals surface area contributed by atoms with Crippen LogP contribution in [0.2, 0.25) is 5.02 Å². The number of aromatic nitrogens is 3. The highest BCUT2D eigenvalue weighted by atomic mass is 35.5. The van der Waals surface area contributed by atoms with Gasteiger partial charge in [0, 0.05) is 33.3 Å². The Labute approximate surface area is 117 Å². The molecule has 0 radical (unpaired) electrons. The molecular formula is C13H17ClN4O. The third kappa shape index (κ3) is 2.28. The third-order valence-electron chi connectivity index (χ3n) is 3.68. The van der Waals surface area contributed by atoms with E-state index in [1.54, 1.807) is 18.0 Å². The Bertz CT molecular complexity index is 598. The van der Waals surface area contributed by atoms with Gasteiger partial charge in [-0.25, -0.2) is 4.98 Å². The van der Waals surface area contributed by atoms with Crippen molar-refractivity contribution in [3.05, 3.63) is 17.3 Å². The molecule has 2 aromatic heterocycles. The molecule has 1 fully saturated rings. The summed E-state index contributed by atoms with van der Waals surface area (Å²) in [6.45, 7) is 1.86. The van der Waals surface area contributed by atoms with Crippen LogP contribution < -0.4 is 4.90 Å². The van der Waals surface area contributed by atoms with Crippen molar-refractivity contribution in [3.8, 4) is 0 Å². The molecule has 0 unspecified atom stereocenters. The molecule has 1 atom stereocenters. The lowest BCUT2D eigenvalue weighted by atomic mass is 10.1. The number of nitrogens with zero attached hydrogens (tertiary/aromatic N) is 4. The monoisotopic (exact) mass is 280 g/mol. The van der Waals surface area contributed by atoms with E-state index in [-0.39, 0.29) is 6.10 Å². The number of methoxy groups -OCH3 is 1. The van der Waals surface area contributed by atoms with Crippen LogP contribution in [-0.4, -0.2) is 41.1 Å². The molecule has 0 saturated carbocycles. The van der Waals surface area contributed by atoms with Crippen LogP contribution in [0.3, 0.4) is 0 Å². The molecule has 3 heterocycles. The fourth-order valence-corrected chi connectivity index (χ4v) is 2.80. The number of anilines is 1. The lowest BCUT2D eigenvalue weighted by Crippen LogP contribution is -2.39. The second kappa shape index (κ2) is 4.98. The molecule has 102 valence electrons. The van der Waals surface area contributed by atoms with E-state index in [4.69, 9.17) is 16.3 Å². The molecule has 0 aliphatic carbocycles. The summed E-state index contributed by atoms with van der Waals surface area (Å²) < 4.78 is 7.20. The van der Waals surface area contributed by atoms with Crippen molar-refractivity contribution in [2.45, 2.75) is 18.9 Å². The van der Waals surface area contributed by atoms with Gasteiger partial charge in [-0.2, -0.15) is 5.10 Å². The fraction of sp³-hybridized carbons (Fsp3) is 0.538. The van der Waals surface area contributed by atoms with Gasteiger partial charge in [0.15, 0.2) is 5.65 Å². The van der Waals surface area contributed by atoms with E-state index in [2.05, 4.69) is 15.0 Å². The predicted molar refractivity (Wildman–Crippen MR) is 75.8 cm³/mol. The first kappa shape index (κ1) is 12.7. The molecule has 0 bridgehead atoms. The van der Waals surface area contributed by atoms with Gasteiger partial charge in [0.05, 0.1) is 22.7 Å². The Morgan fingerprint density at radius 1 is 1.47 bits per heavy atom. The smallest absolute Gasteiger partial charge is 0.161 e. The maximum atomic E-state index is 6.31. The topological polar surface area (TPSA) is 43.2 Å². The van der Waals surface area contributed by atoms with Crippen molar-refractivity contribution in [2.75, 3.05) is 25.1 Å². The number of rotatable bonds is 2. The number of fused-ring (bicyclic) bond motifs is 1. The molecule has 3 rings (SSSR count). The zero-order valence-corrected chi connectivity index (χ0v) is 11.9. The van der Waals surface area contributed by atoms with Crippen LogP contribution >= 0.6 is 11.6 Å². The Balaban J connectivity index is 1.98. The van der Waals surface area contributed by atoms with Crippen molar-refractivity contribution >= 4 is 28.5 Å². The number of pyridine rings is 1. The molecule has 1 saturated heterocycles. The highest BCUT2D eigenvalue weighted by Gasteiger charge is 2.21. The molecular weight excluding hydrogens is 264 g/mol. The fourth-order valence-electron chi connectivity index (χ4n) is 2.56. The van der Waals surface area contributed by atoms with E-state index >= 15 is 0 Å². The minimum atomic E-state index is 0.275. The third-order valence-corrected chi connectivity index (χ3v) is 3.99. The predicted octanol–water partition coefficient (Wildman–Crippen LogP) is 2.24. The van der Waals surface area contributed by atoms with Crippen LogP contribution in [0, 0.1) is 0 Å². The molecule has 6 heteroatoms. The first-order chi connectivity index (χ1) is 9.19. The van der Waals surface area contributed by atoms with Crippen molar-refractivity contribution in [1.29, 1.82) is 0 Å². The van der Waals surface area contributed by atoms with Crippen LogP contribution in [0.4, 0.5) is 5.82 Å². The van der Waals surface area contributed by atoms with Crippen molar-refractivity contribution in [1.82, 2.24) is 14.8 Å². The summed E-state index contributed by atoms with van der Waals surface area (Å²) in [4.78, 5) is 6.91. The standard InChI is InChI=1S/C13H17ClN4O/c1-17-13-10(7-15-17)11(14)6-12(16-13)18-5-3-4-9(8-18)19-2/h6-7,9H,3-5,8H2,1-2H3/t9-/m1/s1. The number of halogens is 1. The molecule has 1 aliphatic heterocycles. The maximum Gasteiger partial charge on any atom is 0.161 e. The minimum Gasteiger partial charge on any atom is -0.380 e. The first-order valence-electron chi connectivity index (χ1n) is 6.45. The number of hydrogen-bond donors (Lipinski definition) is 0. The minimum absolute atomic E-state index is 0.275. The van der Waals surface area contributed by atoms with E-state index in [0.717, 1.165) is 42.8 Å². The molecule has 2 aromatic rings. The Morgan fingerprint density at radius 3 is 3.11 bits per heavy atom. The average Bonchev–Trinajstić information content (AvgIpc) is 2.81. The zero-order valence-electron chi connectivity index (χ0n) is 11.1. The Kier molecular flexibility index (Phi) is 3.33. The Hall–Kier alpha value is -1.33. The molecule has 0 N–H and O–H groups in total. The molecule has 19 heavy (non-hydrogen) atoms. The number of hydrogen-bond acceptors (Lipinski definition) is 4. The molecule has 1 aliphatic rings. The first-order valence-corrected chi connectivity index (χ1v) is 6.83. The summed E-state index contributed by atoms with van der Waals surface area (Å²) >= 11 is 6.31. The van der Waals surface area contributed by atoms with E-state index in [0.29, 0.717) is 5.02 Å². The maximum absolute atomic E-state index is 6.31. The van der Waals surface area contributed by atoms with Crippen LogP contribution in [0.15, 0.2) is 12.3 Å². The van der Waals surface area contributed by atoms with Crippen molar-refractivity contribution < 1.29 is 4.74 Å². The average molecular weight is 281 g/mol. The van der Waals surface area contributed by atoms with Gasteiger partial charge in [0.2, 0.25) is 0 Å². The summed E-state index contributed by atoms with van der Waals surface area (Å²) in [7, 11) is 3.64. The highest BCUT2D eigenvalue weighted by molar-refractivity contribution is 6.35. The summed E-state index contributed by atoms with van der Waals surface area (Å²) in [5, 5.41) is 5.80. The molecule has 0 spiro atoms. The number of ether oxygens (including phenoxy) is 1. The summed E-state index contributed by atoms with van der Waals surface area (Å²) in [5.74, 6) is 0.905. The SMILES string of the molecule is CO[C@@H]1CCCN(c2cc(Cl)c3cnn(C)c3n2)C1. The second-order valence-corrected chi connectivity index (χ2v) is 5.32. The van der Waals surface area contributed by atoms with E-state index in [9.17, 15) is 0 Å². The zero-order chi connectivity index (χ0) is 13.4. The van der Waals surface area contributed by atoms with Crippen LogP contribution in [0.25, 0.3) is 11.0 Å². The Morgan fingerprint density at radius 2 is 2.32 bits per heavy atom. The van der Waals surface area contributed by atoms with Crippen molar-refractivity contribution in [2.24, 2.45) is 7.05 Å². The highest BCUT2D eigenvalue weighted by Crippen LogP contribution is 2.28.